The zero-order valence-electron chi connectivity index (χ0n) is 8.78. The SMILES string of the molecule is COC(=O)c1cc(Br)c(=O)n(C(C)C)c1. The first-order valence-corrected chi connectivity index (χ1v) is 5.26. The van der Waals surface area contributed by atoms with Gasteiger partial charge in [-0.05, 0) is 35.8 Å². The molecule has 0 aliphatic rings. The highest BCUT2D eigenvalue weighted by atomic mass is 79.9. The predicted molar refractivity (Wildman–Crippen MR) is 60.1 cm³/mol. The lowest BCUT2D eigenvalue weighted by atomic mass is 10.2. The highest BCUT2D eigenvalue weighted by Crippen LogP contribution is 2.11. The number of methoxy groups -OCH3 is 1. The summed E-state index contributed by atoms with van der Waals surface area (Å²) in [7, 11) is 1.31. The molecular weight excluding hydrogens is 262 g/mol. The second kappa shape index (κ2) is 4.61. The number of hydrogen-bond acceptors (Lipinski definition) is 3. The Morgan fingerprint density at radius 2 is 2.13 bits per heavy atom. The Bertz CT molecular complexity index is 437. The minimum Gasteiger partial charge on any atom is -0.465 e. The van der Waals surface area contributed by atoms with Gasteiger partial charge in [-0.1, -0.05) is 0 Å². The second-order valence-corrected chi connectivity index (χ2v) is 4.23. The summed E-state index contributed by atoms with van der Waals surface area (Å²) < 4.78 is 6.43. The Kier molecular flexibility index (Phi) is 3.68. The van der Waals surface area contributed by atoms with Gasteiger partial charge in [0.25, 0.3) is 5.56 Å². The molecule has 1 heterocycles. The zero-order valence-corrected chi connectivity index (χ0v) is 10.4. The summed E-state index contributed by atoms with van der Waals surface area (Å²) in [5, 5.41) is 0. The molecular formula is C10H12BrNO3. The topological polar surface area (TPSA) is 48.3 Å². The number of carbonyl (C=O) groups excluding carboxylic acids is 1. The van der Waals surface area contributed by atoms with Gasteiger partial charge >= 0.3 is 5.97 Å². The number of nitrogens with zero attached hydrogens (tertiary/aromatic N) is 1. The quantitative estimate of drug-likeness (QED) is 0.775. The van der Waals surface area contributed by atoms with Crippen LogP contribution >= 0.6 is 15.9 Å². The fraction of sp³-hybridized carbons (Fsp3) is 0.400. The smallest absolute Gasteiger partial charge is 0.339 e. The molecule has 0 saturated carbocycles. The molecule has 0 radical (unpaired) electrons. The maximum absolute atomic E-state index is 11.6. The molecule has 0 saturated heterocycles. The van der Waals surface area contributed by atoms with E-state index in [0.717, 1.165) is 0 Å². The van der Waals surface area contributed by atoms with Crippen LogP contribution in [0.5, 0.6) is 0 Å². The average molecular weight is 274 g/mol. The van der Waals surface area contributed by atoms with Gasteiger partial charge in [-0.3, -0.25) is 4.79 Å². The van der Waals surface area contributed by atoms with E-state index in [1.54, 1.807) is 0 Å². The van der Waals surface area contributed by atoms with Crippen molar-refractivity contribution in [3.05, 3.63) is 32.7 Å². The van der Waals surface area contributed by atoms with E-state index in [2.05, 4.69) is 20.7 Å². The van der Waals surface area contributed by atoms with Crippen LogP contribution in [0.25, 0.3) is 0 Å². The Morgan fingerprint density at radius 1 is 1.53 bits per heavy atom. The van der Waals surface area contributed by atoms with Crippen molar-refractivity contribution < 1.29 is 9.53 Å². The third kappa shape index (κ3) is 2.47. The molecule has 1 aromatic heterocycles. The minimum absolute atomic E-state index is 0.00148. The van der Waals surface area contributed by atoms with E-state index in [1.165, 1.54) is 23.9 Å². The fourth-order valence-electron chi connectivity index (χ4n) is 1.18. The predicted octanol–water partition coefficient (Wildman–Crippen LogP) is 1.98. The number of rotatable bonds is 2. The largest absolute Gasteiger partial charge is 0.465 e. The Labute approximate surface area is 96.0 Å². The molecule has 0 fully saturated rings. The standard InChI is InChI=1S/C10H12BrNO3/c1-6(2)12-5-7(10(14)15-3)4-8(11)9(12)13/h4-6H,1-3H3. The molecule has 0 N–H and O–H groups in total. The normalized spacial score (nSPS) is 10.5. The number of aromatic nitrogens is 1. The summed E-state index contributed by atoms with van der Waals surface area (Å²) in [6.07, 6.45) is 1.50. The highest BCUT2D eigenvalue weighted by Gasteiger charge is 2.12. The first-order chi connectivity index (χ1) is 6.97. The molecule has 0 aliphatic heterocycles. The Balaban J connectivity index is 3.36. The number of ether oxygens (including phenoxy) is 1. The van der Waals surface area contributed by atoms with Crippen molar-refractivity contribution in [2.75, 3.05) is 7.11 Å². The molecule has 0 bridgehead atoms. The molecule has 82 valence electrons. The van der Waals surface area contributed by atoms with Gasteiger partial charge in [0.2, 0.25) is 0 Å². The van der Waals surface area contributed by atoms with Crippen LogP contribution in [0, 0.1) is 0 Å². The number of pyridine rings is 1. The van der Waals surface area contributed by atoms with E-state index in [-0.39, 0.29) is 11.6 Å². The third-order valence-corrected chi connectivity index (χ3v) is 2.54. The van der Waals surface area contributed by atoms with Crippen molar-refractivity contribution in [2.45, 2.75) is 19.9 Å². The molecule has 15 heavy (non-hydrogen) atoms. The van der Waals surface area contributed by atoms with E-state index in [0.29, 0.717) is 10.0 Å². The van der Waals surface area contributed by atoms with Gasteiger partial charge < -0.3 is 9.30 Å². The number of hydrogen-bond donors (Lipinski definition) is 0. The van der Waals surface area contributed by atoms with Crippen molar-refractivity contribution in [3.63, 3.8) is 0 Å². The molecule has 1 aromatic rings. The van der Waals surface area contributed by atoms with Crippen molar-refractivity contribution >= 4 is 21.9 Å². The van der Waals surface area contributed by atoms with Crippen molar-refractivity contribution in [1.82, 2.24) is 4.57 Å². The van der Waals surface area contributed by atoms with Gasteiger partial charge in [0.1, 0.15) is 0 Å². The summed E-state index contributed by atoms with van der Waals surface area (Å²) in [6.45, 7) is 3.74. The van der Waals surface area contributed by atoms with Crippen LogP contribution in [0.15, 0.2) is 21.5 Å². The van der Waals surface area contributed by atoms with Crippen molar-refractivity contribution in [1.29, 1.82) is 0 Å². The molecule has 0 spiro atoms. The Hall–Kier alpha value is -1.10. The van der Waals surface area contributed by atoms with Crippen LogP contribution in [0.1, 0.15) is 30.2 Å². The van der Waals surface area contributed by atoms with Gasteiger partial charge in [-0.25, -0.2) is 4.79 Å². The number of esters is 1. The monoisotopic (exact) mass is 273 g/mol. The summed E-state index contributed by atoms with van der Waals surface area (Å²) >= 11 is 3.12. The second-order valence-electron chi connectivity index (χ2n) is 3.37. The van der Waals surface area contributed by atoms with Gasteiger partial charge in [-0.2, -0.15) is 0 Å². The lowest BCUT2D eigenvalue weighted by Gasteiger charge is -2.11. The average Bonchev–Trinajstić information content (AvgIpc) is 2.20. The number of halogens is 1. The highest BCUT2D eigenvalue weighted by molar-refractivity contribution is 9.10. The maximum Gasteiger partial charge on any atom is 0.339 e. The van der Waals surface area contributed by atoms with Crippen molar-refractivity contribution in [2.24, 2.45) is 0 Å². The van der Waals surface area contributed by atoms with Gasteiger partial charge in [-0.15, -0.1) is 0 Å². The van der Waals surface area contributed by atoms with Crippen LogP contribution in [0.2, 0.25) is 0 Å². The molecule has 0 amide bonds. The Morgan fingerprint density at radius 3 is 2.60 bits per heavy atom. The fourth-order valence-corrected chi connectivity index (χ4v) is 1.63. The molecule has 0 aromatic carbocycles. The van der Waals surface area contributed by atoms with Crippen LogP contribution in [0.3, 0.4) is 0 Å². The summed E-state index contributed by atoms with van der Waals surface area (Å²) in [5.74, 6) is -0.454. The van der Waals surface area contributed by atoms with Crippen molar-refractivity contribution in [3.8, 4) is 0 Å². The first-order valence-electron chi connectivity index (χ1n) is 4.47. The van der Waals surface area contributed by atoms with E-state index < -0.39 is 5.97 Å². The van der Waals surface area contributed by atoms with Gasteiger partial charge in [0, 0.05) is 12.2 Å². The molecule has 0 atom stereocenters. The van der Waals surface area contributed by atoms with Gasteiger partial charge in [0.15, 0.2) is 0 Å². The molecule has 4 nitrogen and oxygen atoms in total. The van der Waals surface area contributed by atoms with Gasteiger partial charge in [0.05, 0.1) is 17.1 Å². The lowest BCUT2D eigenvalue weighted by Crippen LogP contribution is -2.23. The number of carbonyl (C=O) groups is 1. The molecule has 1 rings (SSSR count). The molecule has 0 unspecified atom stereocenters. The molecule has 5 heteroatoms. The summed E-state index contributed by atoms with van der Waals surface area (Å²) in [6, 6.07) is 1.46. The molecule has 0 aliphatic carbocycles. The summed E-state index contributed by atoms with van der Waals surface area (Å²) in [4.78, 5) is 22.9. The summed E-state index contributed by atoms with van der Waals surface area (Å²) in [5.41, 5.74) is 0.204. The van der Waals surface area contributed by atoms with E-state index in [1.807, 2.05) is 13.8 Å². The third-order valence-electron chi connectivity index (χ3n) is 1.98. The minimum atomic E-state index is -0.454. The van der Waals surface area contributed by atoms with E-state index >= 15 is 0 Å². The van der Waals surface area contributed by atoms with Crippen LogP contribution in [-0.2, 0) is 4.74 Å². The lowest BCUT2D eigenvalue weighted by molar-refractivity contribution is 0.0599. The van der Waals surface area contributed by atoms with Crippen LogP contribution < -0.4 is 5.56 Å². The van der Waals surface area contributed by atoms with Crippen LogP contribution in [0.4, 0.5) is 0 Å². The maximum atomic E-state index is 11.6. The first kappa shape index (κ1) is 12.0. The van der Waals surface area contributed by atoms with E-state index in [9.17, 15) is 9.59 Å². The van der Waals surface area contributed by atoms with E-state index in [4.69, 9.17) is 0 Å². The van der Waals surface area contributed by atoms with Crippen LogP contribution in [-0.4, -0.2) is 17.6 Å². The zero-order chi connectivity index (χ0) is 11.6.